The summed E-state index contributed by atoms with van der Waals surface area (Å²) in [5, 5.41) is 9.11. The molecule has 7 nitrogen and oxygen atoms in total. The first-order valence-corrected chi connectivity index (χ1v) is 12.1. The molecule has 12 heteroatoms. The number of piperidine rings is 1. The van der Waals surface area contributed by atoms with Gasteiger partial charge in [0.25, 0.3) is 5.91 Å². The molecule has 168 valence electrons. The average Bonchev–Trinajstić information content (AvgIpc) is 2.73. The summed E-state index contributed by atoms with van der Waals surface area (Å²) >= 11 is 1.56. The third-order valence-corrected chi connectivity index (χ3v) is 9.15. The molecule has 1 aromatic rings. The Hall–Kier alpha value is -1.50. The molecule has 0 bridgehead atoms. The van der Waals surface area contributed by atoms with E-state index >= 15 is 0 Å². The summed E-state index contributed by atoms with van der Waals surface area (Å²) < 4.78 is 69.7. The van der Waals surface area contributed by atoms with E-state index in [1.165, 1.54) is 21.9 Å². The van der Waals surface area contributed by atoms with Crippen LogP contribution in [0.5, 0.6) is 5.75 Å². The lowest BCUT2D eigenvalue weighted by atomic mass is 10.0. The number of carbonyl (C=O) groups is 1. The van der Waals surface area contributed by atoms with E-state index in [1.807, 2.05) is 0 Å². The van der Waals surface area contributed by atoms with Gasteiger partial charge in [0.05, 0.1) is 5.56 Å². The second kappa shape index (κ2) is 8.93. The van der Waals surface area contributed by atoms with Crippen molar-refractivity contribution in [1.29, 1.82) is 0 Å². The fraction of sp³-hybridized carbons (Fsp3) is 0.611. The Bertz CT molecular complexity index is 848. The summed E-state index contributed by atoms with van der Waals surface area (Å²) in [6, 6.07) is 4.36. The lowest BCUT2D eigenvalue weighted by Gasteiger charge is -2.40. The molecule has 0 aromatic heterocycles. The first-order chi connectivity index (χ1) is 14.1. The fourth-order valence-electron chi connectivity index (χ4n) is 3.76. The van der Waals surface area contributed by atoms with Crippen LogP contribution in [0.25, 0.3) is 0 Å². The number of hydrogen-bond acceptors (Lipinski definition) is 6. The topological polar surface area (TPSA) is 95.9 Å². The lowest BCUT2D eigenvalue weighted by molar-refractivity contribution is -0.137. The minimum Gasteiger partial charge on any atom is -0.490 e. The van der Waals surface area contributed by atoms with Crippen molar-refractivity contribution in [2.75, 3.05) is 24.6 Å². The number of benzene rings is 1. The summed E-state index contributed by atoms with van der Waals surface area (Å²) in [6.07, 6.45) is -3.86. The van der Waals surface area contributed by atoms with E-state index in [4.69, 9.17) is 9.94 Å². The van der Waals surface area contributed by atoms with Crippen molar-refractivity contribution in [3.05, 3.63) is 29.8 Å². The van der Waals surface area contributed by atoms with Crippen LogP contribution in [0.1, 0.15) is 31.2 Å². The van der Waals surface area contributed by atoms with Crippen LogP contribution in [0.3, 0.4) is 0 Å². The summed E-state index contributed by atoms with van der Waals surface area (Å²) in [6.45, 7) is 0.252. The maximum atomic E-state index is 13.3. The molecule has 1 amide bonds. The number of thioether (sulfide) groups is 1. The molecule has 2 heterocycles. The van der Waals surface area contributed by atoms with Gasteiger partial charge < -0.3 is 4.74 Å². The molecule has 0 unspecified atom stereocenters. The predicted octanol–water partition coefficient (Wildman–Crippen LogP) is 2.65. The maximum Gasteiger partial charge on any atom is 0.416 e. The van der Waals surface area contributed by atoms with E-state index in [1.54, 1.807) is 11.8 Å². The number of amides is 1. The summed E-state index contributed by atoms with van der Waals surface area (Å²) in [5.74, 6) is 0.371. The van der Waals surface area contributed by atoms with Crippen LogP contribution in [-0.4, -0.2) is 59.3 Å². The van der Waals surface area contributed by atoms with Crippen LogP contribution in [-0.2, 0) is 21.0 Å². The van der Waals surface area contributed by atoms with Gasteiger partial charge in [0.2, 0.25) is 10.0 Å². The minimum atomic E-state index is -4.42. The highest BCUT2D eigenvalue weighted by Crippen LogP contribution is 2.38. The van der Waals surface area contributed by atoms with Gasteiger partial charge in [-0.1, -0.05) is 0 Å². The van der Waals surface area contributed by atoms with E-state index in [-0.39, 0.29) is 37.8 Å². The van der Waals surface area contributed by atoms with Crippen LogP contribution in [0, 0.1) is 0 Å². The monoisotopic (exact) mass is 468 g/mol. The van der Waals surface area contributed by atoms with Crippen LogP contribution < -0.4 is 10.2 Å². The van der Waals surface area contributed by atoms with Crippen LogP contribution in [0.4, 0.5) is 13.2 Å². The standard InChI is InChI=1S/C18H23F3N2O5S2/c19-18(20,21)13-1-3-14(4-2-13)28-15-5-9-23(10-6-15)30(26,27)17(16(24)22-25)7-11-29-12-8-17/h1-4,15,25H,5-12H2,(H,22,24). The number of nitrogens with zero attached hydrogens (tertiary/aromatic N) is 1. The summed E-state index contributed by atoms with van der Waals surface area (Å²) in [7, 11) is -4.01. The number of carbonyl (C=O) groups excluding carboxylic acids is 1. The number of sulfonamides is 1. The zero-order valence-corrected chi connectivity index (χ0v) is 17.7. The van der Waals surface area contributed by atoms with Crippen molar-refractivity contribution in [3.63, 3.8) is 0 Å². The van der Waals surface area contributed by atoms with E-state index in [0.717, 1.165) is 12.1 Å². The van der Waals surface area contributed by atoms with E-state index in [0.29, 0.717) is 24.3 Å². The Balaban J connectivity index is 1.65. The van der Waals surface area contributed by atoms with E-state index < -0.39 is 32.4 Å². The summed E-state index contributed by atoms with van der Waals surface area (Å²) in [5.41, 5.74) is 0.749. The fourth-order valence-corrected chi connectivity index (χ4v) is 7.39. The van der Waals surface area contributed by atoms with Gasteiger partial charge >= 0.3 is 6.18 Å². The third kappa shape index (κ3) is 4.56. The highest BCUT2D eigenvalue weighted by Gasteiger charge is 2.54. The Morgan fingerprint density at radius 1 is 1.17 bits per heavy atom. The largest absolute Gasteiger partial charge is 0.490 e. The number of rotatable bonds is 5. The Kier molecular flexibility index (Phi) is 6.90. The molecule has 3 rings (SSSR count). The molecule has 1 aromatic carbocycles. The summed E-state index contributed by atoms with van der Waals surface area (Å²) in [4.78, 5) is 12.3. The molecule has 0 saturated carbocycles. The number of nitrogens with one attached hydrogen (secondary N) is 1. The third-order valence-electron chi connectivity index (χ3n) is 5.53. The first kappa shape index (κ1) is 23.2. The molecule has 2 saturated heterocycles. The molecule has 2 fully saturated rings. The number of hydroxylamine groups is 1. The Morgan fingerprint density at radius 2 is 1.73 bits per heavy atom. The molecule has 2 N–H and O–H groups in total. The molecule has 0 radical (unpaired) electrons. The molecule has 0 spiro atoms. The zero-order valence-electron chi connectivity index (χ0n) is 16.0. The smallest absolute Gasteiger partial charge is 0.416 e. The van der Waals surface area contributed by atoms with Gasteiger partial charge in [0.1, 0.15) is 11.9 Å². The zero-order chi connectivity index (χ0) is 22.0. The quantitative estimate of drug-likeness (QED) is 0.510. The van der Waals surface area contributed by atoms with Crippen LogP contribution in [0.15, 0.2) is 24.3 Å². The van der Waals surface area contributed by atoms with Crippen molar-refractivity contribution in [2.45, 2.75) is 42.7 Å². The minimum absolute atomic E-state index is 0.119. The van der Waals surface area contributed by atoms with E-state index in [9.17, 15) is 26.4 Å². The van der Waals surface area contributed by atoms with Crippen molar-refractivity contribution in [3.8, 4) is 5.75 Å². The number of alkyl halides is 3. The second-order valence-electron chi connectivity index (χ2n) is 7.29. The molecule has 0 atom stereocenters. The van der Waals surface area contributed by atoms with Gasteiger partial charge in [-0.25, -0.2) is 18.2 Å². The highest BCUT2D eigenvalue weighted by atomic mass is 32.2. The Morgan fingerprint density at radius 3 is 2.23 bits per heavy atom. The molecular weight excluding hydrogens is 445 g/mol. The van der Waals surface area contributed by atoms with Gasteiger partial charge in [0, 0.05) is 13.1 Å². The maximum absolute atomic E-state index is 13.3. The molecule has 2 aliphatic rings. The van der Waals surface area contributed by atoms with Gasteiger partial charge in [0.15, 0.2) is 4.75 Å². The predicted molar refractivity (Wildman–Crippen MR) is 105 cm³/mol. The van der Waals surface area contributed by atoms with Gasteiger partial charge in [-0.2, -0.15) is 24.9 Å². The number of hydrogen-bond donors (Lipinski definition) is 2. The highest BCUT2D eigenvalue weighted by molar-refractivity contribution is 7.99. The normalized spacial score (nSPS) is 21.2. The number of halogens is 3. The van der Waals surface area contributed by atoms with Gasteiger partial charge in [-0.05, 0) is 61.5 Å². The molecule has 2 aliphatic heterocycles. The van der Waals surface area contributed by atoms with Crippen molar-refractivity contribution >= 4 is 27.7 Å². The SMILES string of the molecule is O=C(NO)C1(S(=O)(=O)N2CCC(Oc3ccc(C(F)(F)F)cc3)CC2)CCSCC1. The van der Waals surface area contributed by atoms with Gasteiger partial charge in [-0.3, -0.25) is 10.0 Å². The van der Waals surface area contributed by atoms with Crippen molar-refractivity contribution < 1.29 is 36.3 Å². The van der Waals surface area contributed by atoms with Crippen molar-refractivity contribution in [1.82, 2.24) is 9.79 Å². The van der Waals surface area contributed by atoms with Crippen LogP contribution in [0.2, 0.25) is 0 Å². The number of ether oxygens (including phenoxy) is 1. The van der Waals surface area contributed by atoms with Crippen molar-refractivity contribution in [2.24, 2.45) is 0 Å². The molecular formula is C18H23F3N2O5S2. The van der Waals surface area contributed by atoms with Gasteiger partial charge in [-0.15, -0.1) is 0 Å². The van der Waals surface area contributed by atoms with E-state index in [2.05, 4.69) is 0 Å². The average molecular weight is 469 g/mol. The second-order valence-corrected chi connectivity index (χ2v) is 10.8. The Labute approximate surface area is 177 Å². The molecule has 0 aliphatic carbocycles. The van der Waals surface area contributed by atoms with Crippen LogP contribution >= 0.6 is 11.8 Å². The molecule has 30 heavy (non-hydrogen) atoms. The lowest BCUT2D eigenvalue weighted by Crippen LogP contribution is -2.60. The first-order valence-electron chi connectivity index (χ1n) is 9.46.